The number of thiophene rings is 1. The van der Waals surface area contributed by atoms with Gasteiger partial charge in [0.2, 0.25) is 5.91 Å². The van der Waals surface area contributed by atoms with Crippen molar-refractivity contribution in [2.75, 3.05) is 6.54 Å². The van der Waals surface area contributed by atoms with Crippen LogP contribution in [0.3, 0.4) is 0 Å². The van der Waals surface area contributed by atoms with Crippen LogP contribution in [-0.2, 0) is 9.59 Å². The van der Waals surface area contributed by atoms with E-state index >= 15 is 0 Å². The lowest BCUT2D eigenvalue weighted by atomic mass is 9.91. The monoisotopic (exact) mass is 359 g/mol. The van der Waals surface area contributed by atoms with Crippen LogP contribution in [0.25, 0.3) is 0 Å². The molecule has 6 heteroatoms. The van der Waals surface area contributed by atoms with E-state index in [1.807, 2.05) is 26.0 Å². The second-order valence-corrected chi connectivity index (χ2v) is 7.87. The maximum atomic E-state index is 12.6. The maximum Gasteiger partial charge on any atom is 0.326 e. The van der Waals surface area contributed by atoms with Crippen LogP contribution in [0.1, 0.15) is 37.5 Å². The van der Waals surface area contributed by atoms with Crippen molar-refractivity contribution in [3.8, 4) is 0 Å². The van der Waals surface area contributed by atoms with Crippen molar-refractivity contribution in [3.05, 3.63) is 20.8 Å². The third kappa shape index (κ3) is 3.23. The summed E-state index contributed by atoms with van der Waals surface area (Å²) in [6, 6.07) is 3.15. The normalized spacial score (nSPS) is 24.4. The van der Waals surface area contributed by atoms with Crippen LogP contribution in [0.15, 0.2) is 15.9 Å². The minimum atomic E-state index is -0.899. The number of hydrogen-bond donors (Lipinski definition) is 1. The SMILES string of the molecule is CC1CCN(C(=O)C(C)c2ccc(Br)s2)C(C(=O)O)C1. The van der Waals surface area contributed by atoms with E-state index in [4.69, 9.17) is 0 Å². The number of likely N-dealkylation sites (tertiary alicyclic amines) is 1. The topological polar surface area (TPSA) is 57.6 Å². The molecule has 0 radical (unpaired) electrons. The lowest BCUT2D eigenvalue weighted by Gasteiger charge is -2.37. The number of nitrogens with zero attached hydrogens (tertiary/aromatic N) is 1. The summed E-state index contributed by atoms with van der Waals surface area (Å²) >= 11 is 4.91. The van der Waals surface area contributed by atoms with E-state index in [9.17, 15) is 14.7 Å². The zero-order valence-electron chi connectivity index (χ0n) is 11.5. The third-order valence-corrected chi connectivity index (χ3v) is 5.63. The molecule has 1 amide bonds. The molecule has 0 spiro atoms. The highest BCUT2D eigenvalue weighted by molar-refractivity contribution is 9.11. The van der Waals surface area contributed by atoms with Gasteiger partial charge >= 0.3 is 5.97 Å². The fourth-order valence-electron chi connectivity index (χ4n) is 2.57. The molecule has 1 aromatic heterocycles. The number of halogens is 1. The largest absolute Gasteiger partial charge is 0.480 e. The van der Waals surface area contributed by atoms with Gasteiger partial charge in [0.05, 0.1) is 9.70 Å². The molecule has 1 aliphatic heterocycles. The van der Waals surface area contributed by atoms with Gasteiger partial charge in [-0.3, -0.25) is 4.79 Å². The van der Waals surface area contributed by atoms with Gasteiger partial charge in [0, 0.05) is 11.4 Å². The molecule has 1 aliphatic rings. The summed E-state index contributed by atoms with van der Waals surface area (Å²) in [5.41, 5.74) is 0. The first kappa shape index (κ1) is 15.5. The Morgan fingerprint density at radius 2 is 2.20 bits per heavy atom. The molecule has 0 bridgehead atoms. The predicted molar refractivity (Wildman–Crippen MR) is 82.0 cm³/mol. The van der Waals surface area contributed by atoms with Gasteiger partial charge in [-0.1, -0.05) is 6.92 Å². The Bertz CT molecular complexity index is 516. The van der Waals surface area contributed by atoms with Crippen LogP contribution in [0.2, 0.25) is 0 Å². The van der Waals surface area contributed by atoms with Gasteiger partial charge in [0.1, 0.15) is 6.04 Å². The summed E-state index contributed by atoms with van der Waals surface area (Å²) in [6.07, 6.45) is 1.41. The Kier molecular flexibility index (Phi) is 4.86. The minimum Gasteiger partial charge on any atom is -0.480 e. The first-order chi connectivity index (χ1) is 9.40. The van der Waals surface area contributed by atoms with Crippen LogP contribution in [0.5, 0.6) is 0 Å². The Labute approximate surface area is 130 Å². The molecule has 4 nitrogen and oxygen atoms in total. The van der Waals surface area contributed by atoms with Crippen molar-refractivity contribution in [3.63, 3.8) is 0 Å². The number of amides is 1. The van der Waals surface area contributed by atoms with Crippen molar-refractivity contribution < 1.29 is 14.7 Å². The standard InChI is InChI=1S/C14H18BrNO3S/c1-8-5-6-16(10(7-8)14(18)19)13(17)9(2)11-3-4-12(15)20-11/h3-4,8-10H,5-7H2,1-2H3,(H,18,19). The van der Waals surface area contributed by atoms with E-state index < -0.39 is 12.0 Å². The Hall–Kier alpha value is -0.880. The van der Waals surface area contributed by atoms with Crippen molar-refractivity contribution in [2.24, 2.45) is 5.92 Å². The number of carbonyl (C=O) groups excluding carboxylic acids is 1. The van der Waals surface area contributed by atoms with Crippen LogP contribution < -0.4 is 0 Å². The highest BCUT2D eigenvalue weighted by Gasteiger charge is 2.36. The van der Waals surface area contributed by atoms with Gasteiger partial charge in [-0.05, 0) is 53.7 Å². The second-order valence-electron chi connectivity index (χ2n) is 5.38. The fourth-order valence-corrected chi connectivity index (χ4v) is 4.04. The number of hydrogen-bond acceptors (Lipinski definition) is 3. The summed E-state index contributed by atoms with van der Waals surface area (Å²) < 4.78 is 0.981. The molecule has 3 unspecified atom stereocenters. The summed E-state index contributed by atoms with van der Waals surface area (Å²) in [4.78, 5) is 26.5. The lowest BCUT2D eigenvalue weighted by Crippen LogP contribution is -2.50. The molecule has 1 saturated heterocycles. The van der Waals surface area contributed by atoms with Gasteiger partial charge in [-0.15, -0.1) is 11.3 Å². The first-order valence-corrected chi connectivity index (χ1v) is 8.29. The number of rotatable bonds is 3. The van der Waals surface area contributed by atoms with Crippen LogP contribution in [-0.4, -0.2) is 34.5 Å². The van der Waals surface area contributed by atoms with Crippen molar-refractivity contribution in [1.82, 2.24) is 4.90 Å². The minimum absolute atomic E-state index is 0.0846. The first-order valence-electron chi connectivity index (χ1n) is 6.68. The number of carboxylic acid groups (broad SMARTS) is 1. The molecule has 1 aromatic rings. The maximum absolute atomic E-state index is 12.6. The van der Waals surface area contributed by atoms with E-state index in [0.29, 0.717) is 18.9 Å². The number of carboxylic acids is 1. The van der Waals surface area contributed by atoms with Crippen molar-refractivity contribution in [1.29, 1.82) is 0 Å². The van der Waals surface area contributed by atoms with E-state index in [2.05, 4.69) is 15.9 Å². The fraction of sp³-hybridized carbons (Fsp3) is 0.571. The highest BCUT2D eigenvalue weighted by atomic mass is 79.9. The molecule has 2 heterocycles. The summed E-state index contributed by atoms with van der Waals surface area (Å²) in [5, 5.41) is 9.33. The van der Waals surface area contributed by atoms with Gasteiger partial charge < -0.3 is 10.0 Å². The molecular weight excluding hydrogens is 342 g/mol. The average Bonchev–Trinajstić information content (AvgIpc) is 2.83. The molecule has 3 atom stereocenters. The van der Waals surface area contributed by atoms with Crippen LogP contribution in [0, 0.1) is 5.92 Å². The zero-order valence-corrected chi connectivity index (χ0v) is 13.9. The van der Waals surface area contributed by atoms with Crippen molar-refractivity contribution >= 4 is 39.1 Å². The second kappa shape index (κ2) is 6.26. The molecule has 0 saturated carbocycles. The van der Waals surface area contributed by atoms with E-state index in [0.717, 1.165) is 15.1 Å². The molecular formula is C14H18BrNO3S. The van der Waals surface area contributed by atoms with E-state index in [-0.39, 0.29) is 11.8 Å². The van der Waals surface area contributed by atoms with Gasteiger partial charge in [-0.2, -0.15) is 0 Å². The molecule has 20 heavy (non-hydrogen) atoms. The number of carbonyl (C=O) groups is 2. The summed E-state index contributed by atoms with van der Waals surface area (Å²) in [5.74, 6) is -0.920. The van der Waals surface area contributed by atoms with E-state index in [1.165, 1.54) is 11.3 Å². The average molecular weight is 360 g/mol. The zero-order chi connectivity index (χ0) is 14.9. The number of aliphatic carboxylic acids is 1. The molecule has 110 valence electrons. The smallest absolute Gasteiger partial charge is 0.326 e. The molecule has 2 rings (SSSR count). The van der Waals surface area contributed by atoms with Gasteiger partial charge in [-0.25, -0.2) is 4.79 Å². The quantitative estimate of drug-likeness (QED) is 0.900. The molecule has 0 aromatic carbocycles. The molecule has 1 fully saturated rings. The van der Waals surface area contributed by atoms with Gasteiger partial charge in [0.25, 0.3) is 0 Å². The van der Waals surface area contributed by atoms with E-state index in [1.54, 1.807) is 4.90 Å². The third-order valence-electron chi connectivity index (χ3n) is 3.82. The van der Waals surface area contributed by atoms with Crippen LogP contribution >= 0.6 is 27.3 Å². The molecule has 1 N–H and O–H groups in total. The van der Waals surface area contributed by atoms with Crippen LogP contribution in [0.4, 0.5) is 0 Å². The summed E-state index contributed by atoms with van der Waals surface area (Å²) in [6.45, 7) is 4.42. The predicted octanol–water partition coefficient (Wildman–Crippen LogP) is 3.33. The highest BCUT2D eigenvalue weighted by Crippen LogP contribution is 2.32. The lowest BCUT2D eigenvalue weighted by molar-refractivity contribution is -0.153. The molecule has 0 aliphatic carbocycles. The Morgan fingerprint density at radius 1 is 1.50 bits per heavy atom. The summed E-state index contributed by atoms with van der Waals surface area (Å²) in [7, 11) is 0. The Balaban J connectivity index is 2.16. The van der Waals surface area contributed by atoms with Gasteiger partial charge in [0.15, 0.2) is 0 Å². The van der Waals surface area contributed by atoms with Crippen molar-refractivity contribution in [2.45, 2.75) is 38.6 Å². The Morgan fingerprint density at radius 3 is 2.75 bits per heavy atom. The number of piperidine rings is 1.